The summed E-state index contributed by atoms with van der Waals surface area (Å²) < 4.78 is 0. The molecule has 1 aromatic rings. The molecular weight excluding hydrogens is 144 g/mol. The van der Waals surface area contributed by atoms with Crippen LogP contribution in [0.25, 0.3) is 0 Å². The SMILES string of the molecule is CCCc1nnc(N)[nH]c1=O. The third-order valence-electron chi connectivity index (χ3n) is 1.27. The first-order valence-corrected chi connectivity index (χ1v) is 3.45. The smallest absolute Gasteiger partial charge is 0.274 e. The third kappa shape index (κ3) is 1.76. The summed E-state index contributed by atoms with van der Waals surface area (Å²) in [6.45, 7) is 1.97. The molecule has 1 aromatic heterocycles. The van der Waals surface area contributed by atoms with Crippen LogP contribution in [0, 0.1) is 0 Å². The predicted molar refractivity (Wildman–Crippen MR) is 41.1 cm³/mol. The van der Waals surface area contributed by atoms with Crippen LogP contribution in [-0.4, -0.2) is 15.2 Å². The van der Waals surface area contributed by atoms with Gasteiger partial charge in [0.2, 0.25) is 5.95 Å². The number of nitrogens with zero attached hydrogens (tertiary/aromatic N) is 2. The van der Waals surface area contributed by atoms with Crippen LogP contribution in [0.5, 0.6) is 0 Å². The summed E-state index contributed by atoms with van der Waals surface area (Å²) in [4.78, 5) is 13.4. The highest BCUT2D eigenvalue weighted by Gasteiger charge is 1.99. The first-order valence-electron chi connectivity index (χ1n) is 3.45. The van der Waals surface area contributed by atoms with Gasteiger partial charge in [-0.2, -0.15) is 0 Å². The summed E-state index contributed by atoms with van der Waals surface area (Å²) in [5.74, 6) is 0.0647. The second kappa shape index (κ2) is 3.14. The van der Waals surface area contributed by atoms with Gasteiger partial charge in [-0.15, -0.1) is 10.2 Å². The van der Waals surface area contributed by atoms with Crippen LogP contribution in [0.1, 0.15) is 19.0 Å². The Morgan fingerprint density at radius 2 is 2.27 bits per heavy atom. The highest BCUT2D eigenvalue weighted by Crippen LogP contribution is 1.89. The minimum atomic E-state index is -0.237. The lowest BCUT2D eigenvalue weighted by molar-refractivity contribution is 0.804. The number of aromatic nitrogens is 3. The molecule has 0 saturated carbocycles. The van der Waals surface area contributed by atoms with Crippen molar-refractivity contribution in [3.8, 4) is 0 Å². The number of anilines is 1. The van der Waals surface area contributed by atoms with E-state index >= 15 is 0 Å². The summed E-state index contributed by atoms with van der Waals surface area (Å²) in [7, 11) is 0. The van der Waals surface area contributed by atoms with E-state index in [1.165, 1.54) is 0 Å². The lowest BCUT2D eigenvalue weighted by Gasteiger charge is -1.94. The molecule has 0 aliphatic carbocycles. The Kier molecular flexibility index (Phi) is 2.20. The number of nitrogens with one attached hydrogen (secondary N) is 1. The molecule has 0 aliphatic rings. The van der Waals surface area contributed by atoms with Gasteiger partial charge < -0.3 is 5.73 Å². The van der Waals surface area contributed by atoms with Crippen LogP contribution in [0.3, 0.4) is 0 Å². The maximum Gasteiger partial charge on any atom is 0.274 e. The number of H-pyrrole nitrogens is 1. The molecule has 0 aliphatic heterocycles. The molecule has 0 fully saturated rings. The molecule has 3 N–H and O–H groups in total. The summed E-state index contributed by atoms with van der Waals surface area (Å²) in [5.41, 5.74) is 5.40. The summed E-state index contributed by atoms with van der Waals surface area (Å²) in [6, 6.07) is 0. The van der Waals surface area contributed by atoms with Crippen LogP contribution in [0.4, 0.5) is 5.95 Å². The number of nitrogen functional groups attached to an aromatic ring is 1. The first kappa shape index (κ1) is 7.71. The van der Waals surface area contributed by atoms with Crippen LogP contribution in [0.2, 0.25) is 0 Å². The van der Waals surface area contributed by atoms with E-state index in [0.29, 0.717) is 12.1 Å². The van der Waals surface area contributed by atoms with Crippen molar-refractivity contribution in [2.45, 2.75) is 19.8 Å². The van der Waals surface area contributed by atoms with Gasteiger partial charge in [0.25, 0.3) is 5.56 Å². The van der Waals surface area contributed by atoms with Crippen LogP contribution < -0.4 is 11.3 Å². The lowest BCUT2D eigenvalue weighted by Crippen LogP contribution is -2.18. The minimum Gasteiger partial charge on any atom is -0.368 e. The number of nitrogens with two attached hydrogens (primary N) is 1. The van der Waals surface area contributed by atoms with Crippen molar-refractivity contribution in [3.05, 3.63) is 16.0 Å². The Morgan fingerprint density at radius 1 is 1.55 bits per heavy atom. The number of aryl methyl sites for hydroxylation is 1. The zero-order valence-corrected chi connectivity index (χ0v) is 6.29. The van der Waals surface area contributed by atoms with Crippen molar-refractivity contribution >= 4 is 5.95 Å². The molecule has 0 radical (unpaired) electrons. The van der Waals surface area contributed by atoms with Crippen molar-refractivity contribution in [2.75, 3.05) is 5.73 Å². The van der Waals surface area contributed by atoms with Gasteiger partial charge in [-0.05, 0) is 6.42 Å². The number of hydrogen-bond acceptors (Lipinski definition) is 4. The molecule has 5 nitrogen and oxygen atoms in total. The van der Waals surface area contributed by atoms with Gasteiger partial charge in [-0.25, -0.2) is 0 Å². The second-order valence-corrected chi connectivity index (χ2v) is 2.24. The Hall–Kier alpha value is -1.39. The van der Waals surface area contributed by atoms with Gasteiger partial charge >= 0.3 is 0 Å². The highest BCUT2D eigenvalue weighted by molar-refractivity contribution is 5.11. The molecule has 0 atom stereocenters. The van der Waals surface area contributed by atoms with Crippen molar-refractivity contribution in [3.63, 3.8) is 0 Å². The Bertz CT molecular complexity index is 293. The molecule has 60 valence electrons. The van der Waals surface area contributed by atoms with Crippen LogP contribution >= 0.6 is 0 Å². The Balaban J connectivity index is 3.00. The topological polar surface area (TPSA) is 84.7 Å². The second-order valence-electron chi connectivity index (χ2n) is 2.24. The van der Waals surface area contributed by atoms with Crippen molar-refractivity contribution < 1.29 is 0 Å². The Labute approximate surface area is 63.7 Å². The monoisotopic (exact) mass is 154 g/mol. The number of rotatable bonds is 2. The molecule has 0 aromatic carbocycles. The zero-order valence-electron chi connectivity index (χ0n) is 6.29. The third-order valence-corrected chi connectivity index (χ3v) is 1.27. The van der Waals surface area contributed by atoms with Gasteiger partial charge in [0.15, 0.2) is 0 Å². The highest BCUT2D eigenvalue weighted by atomic mass is 16.1. The van der Waals surface area contributed by atoms with Crippen LogP contribution in [-0.2, 0) is 6.42 Å². The van der Waals surface area contributed by atoms with E-state index < -0.39 is 0 Å². The fourth-order valence-electron chi connectivity index (χ4n) is 0.773. The molecular formula is C6H10N4O. The van der Waals surface area contributed by atoms with Crippen molar-refractivity contribution in [1.29, 1.82) is 0 Å². The van der Waals surface area contributed by atoms with Gasteiger partial charge in [-0.3, -0.25) is 9.78 Å². The van der Waals surface area contributed by atoms with E-state index in [9.17, 15) is 4.79 Å². The molecule has 0 amide bonds. The largest absolute Gasteiger partial charge is 0.368 e. The van der Waals surface area contributed by atoms with Gasteiger partial charge in [0.1, 0.15) is 5.69 Å². The lowest BCUT2D eigenvalue weighted by atomic mass is 10.3. The standard InChI is InChI=1S/C6H10N4O/c1-2-3-4-5(11)8-6(7)10-9-4/h2-3H2,1H3,(H3,7,8,10,11). The molecule has 0 unspecified atom stereocenters. The summed E-state index contributed by atoms with van der Waals surface area (Å²) in [5, 5.41) is 7.18. The normalized spacial score (nSPS) is 9.91. The molecule has 0 bridgehead atoms. The maximum atomic E-state index is 11.0. The van der Waals surface area contributed by atoms with E-state index in [1.807, 2.05) is 6.92 Å². The van der Waals surface area contributed by atoms with Crippen molar-refractivity contribution in [2.24, 2.45) is 0 Å². The summed E-state index contributed by atoms with van der Waals surface area (Å²) >= 11 is 0. The zero-order chi connectivity index (χ0) is 8.27. The van der Waals surface area contributed by atoms with Gasteiger partial charge in [0.05, 0.1) is 0 Å². The van der Waals surface area contributed by atoms with Crippen molar-refractivity contribution in [1.82, 2.24) is 15.2 Å². The van der Waals surface area contributed by atoms with E-state index in [0.717, 1.165) is 6.42 Å². The van der Waals surface area contributed by atoms with Crippen LogP contribution in [0.15, 0.2) is 4.79 Å². The fourth-order valence-corrected chi connectivity index (χ4v) is 0.773. The van der Waals surface area contributed by atoms with E-state index in [-0.39, 0.29) is 11.5 Å². The average Bonchev–Trinajstić information content (AvgIpc) is 1.95. The molecule has 1 rings (SSSR count). The molecule has 1 heterocycles. The Morgan fingerprint density at radius 3 is 2.82 bits per heavy atom. The molecule has 0 saturated heterocycles. The predicted octanol–water partition coefficient (Wildman–Crippen LogP) is -0.300. The summed E-state index contributed by atoms with van der Waals surface area (Å²) in [6.07, 6.45) is 1.52. The van der Waals surface area contributed by atoms with E-state index in [1.54, 1.807) is 0 Å². The fraction of sp³-hybridized carbons (Fsp3) is 0.500. The van der Waals surface area contributed by atoms with E-state index in [4.69, 9.17) is 5.73 Å². The number of aromatic amines is 1. The average molecular weight is 154 g/mol. The molecule has 5 heteroatoms. The maximum absolute atomic E-state index is 11.0. The van der Waals surface area contributed by atoms with Gasteiger partial charge in [0, 0.05) is 0 Å². The minimum absolute atomic E-state index is 0.0647. The van der Waals surface area contributed by atoms with E-state index in [2.05, 4.69) is 15.2 Å². The van der Waals surface area contributed by atoms with Gasteiger partial charge in [-0.1, -0.05) is 13.3 Å². The first-order chi connectivity index (χ1) is 5.24. The number of hydrogen-bond donors (Lipinski definition) is 2. The molecule has 11 heavy (non-hydrogen) atoms. The quantitative estimate of drug-likeness (QED) is 0.612. The molecule has 0 spiro atoms.